The van der Waals surface area contributed by atoms with Crippen LogP contribution in [0.4, 0.5) is 0 Å². The Morgan fingerprint density at radius 2 is 1.55 bits per heavy atom. The second-order valence-electron chi connectivity index (χ2n) is 1.79. The zero-order chi connectivity index (χ0) is 7.40. The number of methoxy groups -OCH3 is 2. The van der Waals surface area contributed by atoms with Gasteiger partial charge in [0.25, 0.3) is 0 Å². The first kappa shape index (κ1) is 10.3. The number of hydrogen-bond donors (Lipinski definition) is 0. The second-order valence-corrected chi connectivity index (χ2v) is 1.79. The number of ether oxygens (including phenoxy) is 2. The molecule has 1 aromatic rings. The predicted molar refractivity (Wildman–Crippen MR) is 38.4 cm³/mol. The molecular formula is C8H9CuO2. The topological polar surface area (TPSA) is 18.5 Å². The van der Waals surface area contributed by atoms with Crippen LogP contribution in [0.3, 0.4) is 0 Å². The van der Waals surface area contributed by atoms with Gasteiger partial charge >= 0.3 is 17.1 Å². The maximum atomic E-state index is 4.92. The molecule has 0 atom stereocenters. The molecule has 0 aliphatic heterocycles. The van der Waals surface area contributed by atoms with Crippen LogP contribution in [-0.4, -0.2) is 14.2 Å². The number of rotatable bonds is 2. The van der Waals surface area contributed by atoms with Crippen LogP contribution >= 0.6 is 0 Å². The molecule has 0 bridgehead atoms. The van der Waals surface area contributed by atoms with Gasteiger partial charge in [0.1, 0.15) is 0 Å². The molecule has 0 aliphatic carbocycles. The molecule has 0 aromatic heterocycles. The van der Waals surface area contributed by atoms with Crippen LogP contribution < -0.4 is 9.47 Å². The summed E-state index contributed by atoms with van der Waals surface area (Å²) in [4.78, 5) is 0. The van der Waals surface area contributed by atoms with E-state index in [1.807, 2.05) is 18.2 Å². The van der Waals surface area contributed by atoms with Gasteiger partial charge < -0.3 is 9.47 Å². The molecule has 0 unspecified atom stereocenters. The van der Waals surface area contributed by atoms with Crippen molar-refractivity contribution in [3.05, 3.63) is 24.3 Å². The Kier molecular flexibility index (Phi) is 4.75. The van der Waals surface area contributed by atoms with Gasteiger partial charge in [-0.25, -0.2) is 0 Å². The van der Waals surface area contributed by atoms with Crippen molar-refractivity contribution in [1.82, 2.24) is 0 Å². The minimum absolute atomic E-state index is 0. The molecule has 3 heteroatoms. The predicted octanol–water partition coefficient (Wildman–Crippen LogP) is 1.50. The van der Waals surface area contributed by atoms with E-state index in [9.17, 15) is 0 Å². The number of benzene rings is 1. The average Bonchev–Trinajstić information content (AvgIpc) is 2.05. The largest absolute Gasteiger partial charge is 1.00 e. The van der Waals surface area contributed by atoms with E-state index in [2.05, 4.69) is 6.07 Å². The summed E-state index contributed by atoms with van der Waals surface area (Å²) in [5.41, 5.74) is 0. The number of hydrogen-bond acceptors (Lipinski definition) is 2. The van der Waals surface area contributed by atoms with Gasteiger partial charge in [-0.3, -0.25) is 0 Å². The summed E-state index contributed by atoms with van der Waals surface area (Å²) in [5, 5.41) is 0. The van der Waals surface area contributed by atoms with Gasteiger partial charge in [0.15, 0.2) is 0 Å². The van der Waals surface area contributed by atoms with Gasteiger partial charge in [0.2, 0.25) is 0 Å². The Balaban J connectivity index is 0.000001000. The molecular weight excluding hydrogens is 192 g/mol. The molecule has 1 aromatic carbocycles. The van der Waals surface area contributed by atoms with Crippen molar-refractivity contribution in [2.24, 2.45) is 0 Å². The van der Waals surface area contributed by atoms with Crippen molar-refractivity contribution in [3.63, 3.8) is 0 Å². The van der Waals surface area contributed by atoms with E-state index < -0.39 is 0 Å². The van der Waals surface area contributed by atoms with Gasteiger partial charge in [0.05, 0.1) is 14.2 Å². The zero-order valence-corrected chi connectivity index (χ0v) is 7.29. The van der Waals surface area contributed by atoms with E-state index in [4.69, 9.17) is 9.47 Å². The Bertz CT molecular complexity index is 194. The zero-order valence-electron chi connectivity index (χ0n) is 6.35. The standard InChI is InChI=1S/C8H9O2.Cu/c1-9-7-4-3-5-8(6-7)10-2;/h3-5H,1-2H3;/q-1;+1. The average molecular weight is 201 g/mol. The van der Waals surface area contributed by atoms with Crippen LogP contribution in [0.15, 0.2) is 18.2 Å². The molecule has 0 saturated carbocycles. The molecule has 0 heterocycles. The van der Waals surface area contributed by atoms with Gasteiger partial charge in [-0.15, -0.1) is 12.1 Å². The molecule has 64 valence electrons. The van der Waals surface area contributed by atoms with Crippen molar-refractivity contribution < 1.29 is 26.5 Å². The van der Waals surface area contributed by atoms with Crippen molar-refractivity contribution in [1.29, 1.82) is 0 Å². The summed E-state index contributed by atoms with van der Waals surface area (Å²) in [7, 11) is 3.20. The maximum absolute atomic E-state index is 4.92. The SMILES string of the molecule is COc1[c-]c(OC)ccc1.[Cu+]. The van der Waals surface area contributed by atoms with E-state index in [0.29, 0.717) is 11.5 Å². The third kappa shape index (κ3) is 2.83. The molecule has 11 heavy (non-hydrogen) atoms. The summed E-state index contributed by atoms with van der Waals surface area (Å²) in [6.45, 7) is 0. The van der Waals surface area contributed by atoms with Gasteiger partial charge in [0, 0.05) is 11.5 Å². The Hall–Kier alpha value is -0.661. The summed E-state index contributed by atoms with van der Waals surface area (Å²) < 4.78 is 9.84. The maximum Gasteiger partial charge on any atom is 1.00 e. The fraction of sp³-hybridized carbons (Fsp3) is 0.250. The van der Waals surface area contributed by atoms with E-state index >= 15 is 0 Å². The van der Waals surface area contributed by atoms with E-state index in [1.165, 1.54) is 0 Å². The summed E-state index contributed by atoms with van der Waals surface area (Å²) >= 11 is 0. The monoisotopic (exact) mass is 200 g/mol. The summed E-state index contributed by atoms with van der Waals surface area (Å²) in [5.74, 6) is 1.39. The Morgan fingerprint density at radius 3 is 1.91 bits per heavy atom. The van der Waals surface area contributed by atoms with Crippen molar-refractivity contribution >= 4 is 0 Å². The normalized spacial score (nSPS) is 8.18. The molecule has 0 radical (unpaired) electrons. The van der Waals surface area contributed by atoms with Crippen LogP contribution in [0.2, 0.25) is 0 Å². The first-order valence-electron chi connectivity index (χ1n) is 2.97. The van der Waals surface area contributed by atoms with Crippen LogP contribution in [0.1, 0.15) is 0 Å². The first-order chi connectivity index (χ1) is 4.86. The summed E-state index contributed by atoms with van der Waals surface area (Å²) in [6, 6.07) is 8.40. The minimum atomic E-state index is 0. The van der Waals surface area contributed by atoms with E-state index in [1.54, 1.807) is 14.2 Å². The third-order valence-electron chi connectivity index (χ3n) is 1.18. The smallest absolute Gasteiger partial charge is 0.522 e. The van der Waals surface area contributed by atoms with Crippen LogP contribution in [0, 0.1) is 6.07 Å². The van der Waals surface area contributed by atoms with Crippen LogP contribution in [0.5, 0.6) is 11.5 Å². The second kappa shape index (κ2) is 5.05. The molecule has 0 fully saturated rings. The quantitative estimate of drug-likeness (QED) is 0.532. The molecule has 0 N–H and O–H groups in total. The van der Waals surface area contributed by atoms with Crippen molar-refractivity contribution in [3.8, 4) is 11.5 Å². The fourth-order valence-corrected chi connectivity index (χ4v) is 0.666. The molecule has 0 spiro atoms. The first-order valence-corrected chi connectivity index (χ1v) is 2.97. The fourth-order valence-electron chi connectivity index (χ4n) is 0.666. The van der Waals surface area contributed by atoms with Crippen LogP contribution in [-0.2, 0) is 17.1 Å². The third-order valence-corrected chi connectivity index (χ3v) is 1.18. The Morgan fingerprint density at radius 1 is 1.09 bits per heavy atom. The van der Waals surface area contributed by atoms with E-state index in [0.717, 1.165) is 0 Å². The molecule has 1 rings (SSSR count). The minimum Gasteiger partial charge on any atom is -0.522 e. The molecule has 0 amide bonds. The van der Waals surface area contributed by atoms with E-state index in [-0.39, 0.29) is 17.1 Å². The van der Waals surface area contributed by atoms with Gasteiger partial charge in [-0.05, 0) is 0 Å². The van der Waals surface area contributed by atoms with Gasteiger partial charge in [-0.2, -0.15) is 6.07 Å². The molecule has 0 aliphatic rings. The Labute approximate surface area is 77.0 Å². The molecule has 2 nitrogen and oxygen atoms in total. The summed E-state index contributed by atoms with van der Waals surface area (Å²) in [6.07, 6.45) is 0. The van der Waals surface area contributed by atoms with Crippen LogP contribution in [0.25, 0.3) is 0 Å². The molecule has 0 saturated heterocycles. The van der Waals surface area contributed by atoms with Crippen molar-refractivity contribution in [2.45, 2.75) is 0 Å². The van der Waals surface area contributed by atoms with Gasteiger partial charge in [-0.1, -0.05) is 6.07 Å². The van der Waals surface area contributed by atoms with Crippen molar-refractivity contribution in [2.75, 3.05) is 14.2 Å².